The van der Waals surface area contributed by atoms with Crippen molar-refractivity contribution in [2.24, 2.45) is 5.92 Å². The van der Waals surface area contributed by atoms with Crippen molar-refractivity contribution in [1.29, 1.82) is 0 Å². The van der Waals surface area contributed by atoms with E-state index in [1.165, 1.54) is 25.1 Å². The van der Waals surface area contributed by atoms with Crippen molar-refractivity contribution >= 4 is 0 Å². The lowest BCUT2D eigenvalue weighted by molar-refractivity contribution is -0.292. The first-order valence-corrected chi connectivity index (χ1v) is 6.00. The third-order valence-corrected chi connectivity index (χ3v) is 2.86. The van der Waals surface area contributed by atoms with Crippen LogP contribution in [-0.2, 0) is 0 Å². The zero-order valence-corrected chi connectivity index (χ0v) is 10.9. The maximum atomic E-state index is 12.8. The molecular weight excluding hydrogens is 284 g/mol. The Balaban J connectivity index is 3.29. The fourth-order valence-corrected chi connectivity index (χ4v) is 2.08. The van der Waals surface area contributed by atoms with Gasteiger partial charge in [0.2, 0.25) is 0 Å². The van der Waals surface area contributed by atoms with Crippen LogP contribution in [0.4, 0.5) is 26.3 Å². The molecule has 20 heavy (non-hydrogen) atoms. The van der Waals surface area contributed by atoms with Crippen molar-refractivity contribution in [3.8, 4) is 0 Å². The molecule has 114 valence electrons. The van der Waals surface area contributed by atoms with Crippen molar-refractivity contribution in [1.82, 2.24) is 5.32 Å². The summed E-state index contributed by atoms with van der Waals surface area (Å²) in [4.78, 5) is 0. The van der Waals surface area contributed by atoms with Gasteiger partial charge in [-0.2, -0.15) is 26.3 Å². The van der Waals surface area contributed by atoms with Crippen molar-refractivity contribution in [3.63, 3.8) is 0 Å². The van der Waals surface area contributed by atoms with Gasteiger partial charge in [-0.3, -0.25) is 0 Å². The maximum Gasteiger partial charge on any atom is 0.402 e. The van der Waals surface area contributed by atoms with Crippen molar-refractivity contribution in [2.75, 3.05) is 6.54 Å². The van der Waals surface area contributed by atoms with Crippen LogP contribution in [0.3, 0.4) is 0 Å². The molecule has 0 bridgehead atoms. The van der Waals surface area contributed by atoms with Crippen molar-refractivity contribution in [3.05, 3.63) is 35.4 Å². The van der Waals surface area contributed by atoms with Gasteiger partial charge in [0.05, 0.1) is 6.04 Å². The zero-order chi connectivity index (χ0) is 15.6. The molecule has 0 saturated heterocycles. The Morgan fingerprint density at radius 3 is 2.00 bits per heavy atom. The highest BCUT2D eigenvalue weighted by atomic mass is 19.4. The second-order valence-corrected chi connectivity index (χ2v) is 4.51. The van der Waals surface area contributed by atoms with Crippen LogP contribution in [0.5, 0.6) is 0 Å². The summed E-state index contributed by atoms with van der Waals surface area (Å²) in [5.41, 5.74) is 0.583. The van der Waals surface area contributed by atoms with Crippen LogP contribution >= 0.6 is 0 Å². The molecule has 0 aliphatic rings. The highest BCUT2D eigenvalue weighted by Gasteiger charge is 2.60. The van der Waals surface area contributed by atoms with E-state index in [0.717, 1.165) is 0 Å². The Morgan fingerprint density at radius 1 is 1.05 bits per heavy atom. The number of nitrogens with one attached hydrogen (secondary N) is 1. The molecule has 0 aromatic heterocycles. The fourth-order valence-electron chi connectivity index (χ4n) is 2.08. The van der Waals surface area contributed by atoms with E-state index in [1.807, 2.05) is 0 Å². The predicted octanol–water partition coefficient (Wildman–Crippen LogP) is 4.39. The maximum absolute atomic E-state index is 12.8. The standard InChI is InChI=1S/C13H15F6N/c1-3-20-10(9-6-4-5-8(2)7-9)11(12(14,15)16)13(17,18)19/h4-7,10-11,20H,3H2,1-2H3. The molecule has 0 radical (unpaired) electrons. The first-order chi connectivity index (χ1) is 9.07. The second-order valence-electron chi connectivity index (χ2n) is 4.51. The first-order valence-electron chi connectivity index (χ1n) is 6.00. The van der Waals surface area contributed by atoms with Gasteiger partial charge >= 0.3 is 12.4 Å². The molecule has 0 aliphatic heterocycles. The minimum absolute atomic E-state index is 0.00126. The molecule has 1 aromatic rings. The molecule has 0 saturated carbocycles. The first kappa shape index (κ1) is 16.8. The van der Waals surface area contributed by atoms with Gasteiger partial charge in [0.25, 0.3) is 0 Å². The molecule has 0 spiro atoms. The smallest absolute Gasteiger partial charge is 0.309 e. The number of halogens is 6. The third kappa shape index (κ3) is 4.13. The molecule has 1 aromatic carbocycles. The summed E-state index contributed by atoms with van der Waals surface area (Å²) >= 11 is 0. The van der Waals surface area contributed by atoms with Gasteiger partial charge in [-0.25, -0.2) is 0 Å². The number of aryl methyl sites for hydroxylation is 1. The topological polar surface area (TPSA) is 12.0 Å². The molecule has 0 aliphatic carbocycles. The molecule has 0 amide bonds. The number of benzene rings is 1. The number of hydrogen-bond donors (Lipinski definition) is 1. The predicted molar refractivity (Wildman–Crippen MR) is 63.2 cm³/mol. The summed E-state index contributed by atoms with van der Waals surface area (Å²) in [5.74, 6) is -3.43. The molecule has 1 rings (SSSR count). The fraction of sp³-hybridized carbons (Fsp3) is 0.538. The van der Waals surface area contributed by atoms with Crippen LogP contribution in [0.25, 0.3) is 0 Å². The van der Waals surface area contributed by atoms with Gasteiger partial charge in [-0.1, -0.05) is 36.8 Å². The quantitative estimate of drug-likeness (QED) is 0.813. The molecule has 1 N–H and O–H groups in total. The van der Waals surface area contributed by atoms with Crippen molar-refractivity contribution in [2.45, 2.75) is 32.2 Å². The van der Waals surface area contributed by atoms with Gasteiger partial charge in [-0.05, 0) is 19.0 Å². The van der Waals surface area contributed by atoms with Gasteiger partial charge in [0, 0.05) is 0 Å². The lowest BCUT2D eigenvalue weighted by Gasteiger charge is -2.31. The number of alkyl halides is 6. The van der Waals surface area contributed by atoms with E-state index in [4.69, 9.17) is 0 Å². The van der Waals surface area contributed by atoms with E-state index in [-0.39, 0.29) is 12.1 Å². The highest BCUT2D eigenvalue weighted by molar-refractivity contribution is 5.26. The minimum atomic E-state index is -5.37. The molecule has 0 fully saturated rings. The molecule has 0 heterocycles. The number of rotatable bonds is 4. The monoisotopic (exact) mass is 299 g/mol. The zero-order valence-electron chi connectivity index (χ0n) is 10.9. The molecular formula is C13H15F6N. The van der Waals surface area contributed by atoms with E-state index >= 15 is 0 Å². The summed E-state index contributed by atoms with van der Waals surface area (Å²) in [6.45, 7) is 3.08. The van der Waals surface area contributed by atoms with Crippen LogP contribution in [0.15, 0.2) is 24.3 Å². The average molecular weight is 299 g/mol. The van der Waals surface area contributed by atoms with Gasteiger partial charge < -0.3 is 5.32 Å². The second kappa shape index (κ2) is 6.03. The van der Waals surface area contributed by atoms with Crippen molar-refractivity contribution < 1.29 is 26.3 Å². The number of hydrogen-bond acceptors (Lipinski definition) is 1. The Kier molecular flexibility index (Phi) is 5.07. The Morgan fingerprint density at radius 2 is 1.60 bits per heavy atom. The lowest BCUT2D eigenvalue weighted by Crippen LogP contribution is -2.45. The van der Waals surface area contributed by atoms with Crippen LogP contribution in [-0.4, -0.2) is 18.9 Å². The van der Waals surface area contributed by atoms with Gasteiger partial charge in [0.1, 0.15) is 0 Å². The van der Waals surface area contributed by atoms with Crippen LogP contribution in [0.1, 0.15) is 24.1 Å². The minimum Gasteiger partial charge on any atom is -0.309 e. The molecule has 1 nitrogen and oxygen atoms in total. The summed E-state index contributed by atoms with van der Waals surface area (Å²) < 4.78 is 76.9. The Bertz CT molecular complexity index is 423. The van der Waals surface area contributed by atoms with Crippen LogP contribution < -0.4 is 5.32 Å². The van der Waals surface area contributed by atoms with E-state index in [1.54, 1.807) is 13.0 Å². The molecule has 1 atom stereocenters. The van der Waals surface area contributed by atoms with E-state index < -0.39 is 24.3 Å². The molecule has 1 unspecified atom stereocenters. The summed E-state index contributed by atoms with van der Waals surface area (Å²) in [6.07, 6.45) is -10.7. The lowest BCUT2D eigenvalue weighted by atomic mass is 9.91. The summed E-state index contributed by atoms with van der Waals surface area (Å²) in [7, 11) is 0. The Labute approximate surface area is 113 Å². The largest absolute Gasteiger partial charge is 0.402 e. The third-order valence-electron chi connectivity index (χ3n) is 2.86. The summed E-state index contributed by atoms with van der Waals surface area (Å²) in [6, 6.07) is 3.81. The van der Waals surface area contributed by atoms with E-state index in [9.17, 15) is 26.3 Å². The van der Waals surface area contributed by atoms with Crippen LogP contribution in [0, 0.1) is 12.8 Å². The average Bonchev–Trinajstić information content (AvgIpc) is 2.24. The van der Waals surface area contributed by atoms with Gasteiger partial charge in [-0.15, -0.1) is 0 Å². The van der Waals surface area contributed by atoms with E-state index in [2.05, 4.69) is 5.32 Å². The highest BCUT2D eigenvalue weighted by Crippen LogP contribution is 2.46. The van der Waals surface area contributed by atoms with Gasteiger partial charge in [0.15, 0.2) is 5.92 Å². The molecule has 7 heteroatoms. The SMILES string of the molecule is CCNC(c1cccc(C)c1)C(C(F)(F)F)C(F)(F)F. The normalized spacial score (nSPS) is 14.7. The summed E-state index contributed by atoms with van der Waals surface area (Å²) in [5, 5.41) is 2.30. The Hall–Kier alpha value is -1.24. The van der Waals surface area contributed by atoms with Crippen LogP contribution in [0.2, 0.25) is 0 Å². The van der Waals surface area contributed by atoms with E-state index in [0.29, 0.717) is 5.56 Å².